The first kappa shape index (κ1) is 14.1. The Hall–Kier alpha value is -0.350. The minimum absolute atomic E-state index is 0.373. The molecular formula is C14H23BrN2O. The van der Waals surface area contributed by atoms with Crippen LogP contribution in [0.3, 0.4) is 0 Å². The smallest absolute Gasteiger partial charge is 0.222 e. The van der Waals surface area contributed by atoms with Gasteiger partial charge in [0.15, 0.2) is 0 Å². The highest BCUT2D eigenvalue weighted by Crippen LogP contribution is 2.21. The third kappa shape index (κ3) is 4.09. The molecule has 0 saturated carbocycles. The summed E-state index contributed by atoms with van der Waals surface area (Å²) in [6.07, 6.45) is 5.46. The number of carbonyl (C=O) groups is 1. The van der Waals surface area contributed by atoms with Crippen molar-refractivity contribution in [1.82, 2.24) is 9.80 Å². The summed E-state index contributed by atoms with van der Waals surface area (Å²) in [5.74, 6) is 1.07. The van der Waals surface area contributed by atoms with Crippen molar-refractivity contribution < 1.29 is 4.79 Å². The molecule has 18 heavy (non-hydrogen) atoms. The molecule has 0 aromatic heterocycles. The first-order valence-corrected chi connectivity index (χ1v) is 7.78. The standard InChI is InChI=1S/C14H23BrN2O/c1-12(15)10-16-8-5-13(6-9-16)11-17-7-3-2-4-14(17)18/h13H,1-11H2. The number of hydrogen-bond donors (Lipinski definition) is 0. The molecule has 0 spiro atoms. The summed E-state index contributed by atoms with van der Waals surface area (Å²) in [5.41, 5.74) is 0. The Morgan fingerprint density at radius 2 is 2.00 bits per heavy atom. The molecule has 0 bridgehead atoms. The first-order chi connectivity index (χ1) is 8.65. The van der Waals surface area contributed by atoms with E-state index < -0.39 is 0 Å². The van der Waals surface area contributed by atoms with Gasteiger partial charge in [-0.2, -0.15) is 0 Å². The van der Waals surface area contributed by atoms with Crippen LogP contribution in [0.1, 0.15) is 32.1 Å². The van der Waals surface area contributed by atoms with Crippen molar-refractivity contribution >= 4 is 21.8 Å². The molecule has 2 heterocycles. The summed E-state index contributed by atoms with van der Waals surface area (Å²) < 4.78 is 1.06. The van der Waals surface area contributed by atoms with Gasteiger partial charge in [0.1, 0.15) is 0 Å². The van der Waals surface area contributed by atoms with E-state index in [2.05, 4.69) is 32.3 Å². The lowest BCUT2D eigenvalue weighted by Crippen LogP contribution is -2.42. The minimum atomic E-state index is 0.373. The molecular weight excluding hydrogens is 292 g/mol. The van der Waals surface area contributed by atoms with E-state index in [1.165, 1.54) is 19.3 Å². The topological polar surface area (TPSA) is 23.6 Å². The largest absolute Gasteiger partial charge is 0.342 e. The van der Waals surface area contributed by atoms with Crippen molar-refractivity contribution in [2.24, 2.45) is 5.92 Å². The molecule has 0 aromatic rings. The Balaban J connectivity index is 1.72. The summed E-state index contributed by atoms with van der Waals surface area (Å²) in [6, 6.07) is 0. The third-order valence-electron chi connectivity index (χ3n) is 4.00. The molecule has 0 aliphatic carbocycles. The summed E-state index contributed by atoms with van der Waals surface area (Å²) in [7, 11) is 0. The molecule has 0 aromatic carbocycles. The average molecular weight is 315 g/mol. The Bertz CT molecular complexity index is 311. The number of piperidine rings is 2. The number of nitrogens with zero attached hydrogens (tertiary/aromatic N) is 2. The fraction of sp³-hybridized carbons (Fsp3) is 0.786. The Labute approximate surface area is 118 Å². The number of hydrogen-bond acceptors (Lipinski definition) is 2. The summed E-state index contributed by atoms with van der Waals surface area (Å²) in [6.45, 7) is 9.09. The van der Waals surface area contributed by atoms with E-state index in [9.17, 15) is 4.79 Å². The van der Waals surface area contributed by atoms with Crippen LogP contribution in [0.2, 0.25) is 0 Å². The summed E-state index contributed by atoms with van der Waals surface area (Å²) >= 11 is 3.42. The van der Waals surface area contributed by atoms with Gasteiger partial charge in [0.2, 0.25) is 5.91 Å². The van der Waals surface area contributed by atoms with Crippen molar-refractivity contribution in [2.75, 3.05) is 32.7 Å². The van der Waals surface area contributed by atoms with Gasteiger partial charge in [0, 0.05) is 30.5 Å². The molecule has 102 valence electrons. The molecule has 2 saturated heterocycles. The second-order valence-electron chi connectivity index (χ2n) is 5.53. The van der Waals surface area contributed by atoms with Gasteiger partial charge in [0.25, 0.3) is 0 Å². The van der Waals surface area contributed by atoms with Gasteiger partial charge in [-0.25, -0.2) is 0 Å². The predicted molar refractivity (Wildman–Crippen MR) is 77.7 cm³/mol. The second-order valence-corrected chi connectivity index (χ2v) is 6.66. The van der Waals surface area contributed by atoms with Crippen LogP contribution < -0.4 is 0 Å². The SMILES string of the molecule is C=C(Br)CN1CCC(CN2CCCCC2=O)CC1. The van der Waals surface area contributed by atoms with Crippen LogP contribution in [0, 0.1) is 5.92 Å². The van der Waals surface area contributed by atoms with E-state index in [-0.39, 0.29) is 0 Å². The highest BCUT2D eigenvalue weighted by molar-refractivity contribution is 9.11. The Kier molecular flexibility index (Phi) is 5.25. The van der Waals surface area contributed by atoms with Gasteiger partial charge in [-0.3, -0.25) is 9.69 Å². The number of carbonyl (C=O) groups excluding carboxylic acids is 1. The van der Waals surface area contributed by atoms with Crippen molar-refractivity contribution in [1.29, 1.82) is 0 Å². The maximum Gasteiger partial charge on any atom is 0.222 e. The Morgan fingerprint density at radius 1 is 1.28 bits per heavy atom. The van der Waals surface area contributed by atoms with Crippen LogP contribution in [0.5, 0.6) is 0 Å². The minimum Gasteiger partial charge on any atom is -0.342 e. The van der Waals surface area contributed by atoms with Gasteiger partial charge in [-0.15, -0.1) is 0 Å². The fourth-order valence-corrected chi connectivity index (χ4v) is 3.29. The predicted octanol–water partition coefficient (Wildman–Crippen LogP) is 2.62. The van der Waals surface area contributed by atoms with Crippen LogP contribution in [0.15, 0.2) is 11.1 Å². The van der Waals surface area contributed by atoms with Crippen molar-refractivity contribution in [3.63, 3.8) is 0 Å². The fourth-order valence-electron chi connectivity index (χ4n) is 2.94. The molecule has 4 heteroatoms. The molecule has 1 amide bonds. The Morgan fingerprint density at radius 3 is 2.61 bits per heavy atom. The number of halogens is 1. The molecule has 3 nitrogen and oxygen atoms in total. The van der Waals surface area contributed by atoms with Crippen LogP contribution in [0.25, 0.3) is 0 Å². The van der Waals surface area contributed by atoms with E-state index in [0.717, 1.165) is 50.0 Å². The van der Waals surface area contributed by atoms with E-state index in [4.69, 9.17) is 0 Å². The highest BCUT2D eigenvalue weighted by Gasteiger charge is 2.24. The molecule has 2 fully saturated rings. The van der Waals surface area contributed by atoms with Gasteiger partial charge in [-0.1, -0.05) is 22.5 Å². The molecule has 0 atom stereocenters. The van der Waals surface area contributed by atoms with Crippen LogP contribution in [-0.4, -0.2) is 48.4 Å². The quantitative estimate of drug-likeness (QED) is 0.796. The highest BCUT2D eigenvalue weighted by atomic mass is 79.9. The van der Waals surface area contributed by atoms with Crippen LogP contribution >= 0.6 is 15.9 Å². The number of amides is 1. The summed E-state index contributed by atoms with van der Waals surface area (Å²) in [4.78, 5) is 16.3. The molecule has 0 radical (unpaired) electrons. The van der Waals surface area contributed by atoms with Crippen LogP contribution in [-0.2, 0) is 4.79 Å². The van der Waals surface area contributed by atoms with Gasteiger partial charge in [0.05, 0.1) is 0 Å². The second kappa shape index (κ2) is 6.71. The normalized spacial score (nSPS) is 23.4. The zero-order valence-corrected chi connectivity index (χ0v) is 12.6. The number of likely N-dealkylation sites (tertiary alicyclic amines) is 2. The van der Waals surface area contributed by atoms with E-state index in [1.807, 2.05) is 0 Å². The monoisotopic (exact) mass is 314 g/mol. The molecule has 2 aliphatic heterocycles. The first-order valence-electron chi connectivity index (χ1n) is 6.98. The zero-order valence-electron chi connectivity index (χ0n) is 11.0. The lowest BCUT2D eigenvalue weighted by molar-refractivity contribution is -0.134. The number of rotatable bonds is 4. The van der Waals surface area contributed by atoms with Gasteiger partial charge in [-0.05, 0) is 44.7 Å². The molecule has 2 rings (SSSR count). The zero-order chi connectivity index (χ0) is 13.0. The van der Waals surface area contributed by atoms with E-state index in [1.54, 1.807) is 0 Å². The molecule has 0 N–H and O–H groups in total. The lowest BCUT2D eigenvalue weighted by Gasteiger charge is -2.36. The van der Waals surface area contributed by atoms with E-state index >= 15 is 0 Å². The average Bonchev–Trinajstić information content (AvgIpc) is 2.34. The summed E-state index contributed by atoms with van der Waals surface area (Å²) in [5, 5.41) is 0. The maximum absolute atomic E-state index is 11.8. The van der Waals surface area contributed by atoms with Crippen molar-refractivity contribution in [3.8, 4) is 0 Å². The van der Waals surface area contributed by atoms with E-state index in [0.29, 0.717) is 11.8 Å². The maximum atomic E-state index is 11.8. The van der Waals surface area contributed by atoms with Crippen LogP contribution in [0.4, 0.5) is 0 Å². The van der Waals surface area contributed by atoms with Crippen molar-refractivity contribution in [3.05, 3.63) is 11.1 Å². The van der Waals surface area contributed by atoms with Gasteiger partial charge >= 0.3 is 0 Å². The third-order valence-corrected chi connectivity index (χ3v) is 4.25. The lowest BCUT2D eigenvalue weighted by atomic mass is 9.95. The van der Waals surface area contributed by atoms with Crippen molar-refractivity contribution in [2.45, 2.75) is 32.1 Å². The molecule has 0 unspecified atom stereocenters. The van der Waals surface area contributed by atoms with Gasteiger partial charge < -0.3 is 4.90 Å². The molecule has 2 aliphatic rings.